The number of anilines is 3. The molecular weight excluding hydrogens is 438 g/mol. The molecule has 0 atom stereocenters. The van der Waals surface area contributed by atoms with E-state index in [1.165, 1.54) is 23.5 Å². The van der Waals surface area contributed by atoms with E-state index in [1.807, 2.05) is 6.92 Å². The average molecular weight is 456 g/mol. The number of nitrogen functional groups attached to an aromatic ring is 1. The number of nitrogens with two attached hydrogens (primary N) is 1. The second-order valence-electron chi connectivity index (χ2n) is 6.56. The summed E-state index contributed by atoms with van der Waals surface area (Å²) in [6, 6.07) is 12.7. The predicted octanol–water partition coefficient (Wildman–Crippen LogP) is 3.74. The fourth-order valence-electron chi connectivity index (χ4n) is 2.76. The Morgan fingerprint density at radius 3 is 2.39 bits per heavy atom. The van der Waals surface area contributed by atoms with Gasteiger partial charge in [-0.2, -0.15) is 0 Å². The lowest BCUT2D eigenvalue weighted by Crippen LogP contribution is -2.15. The zero-order valence-electron chi connectivity index (χ0n) is 16.2. The second kappa shape index (κ2) is 8.20. The summed E-state index contributed by atoms with van der Waals surface area (Å²) in [4.78, 5) is 17.0. The van der Waals surface area contributed by atoms with Gasteiger partial charge in [0.05, 0.1) is 4.90 Å². The van der Waals surface area contributed by atoms with Gasteiger partial charge in [0.25, 0.3) is 15.9 Å². The van der Waals surface area contributed by atoms with Crippen LogP contribution in [0, 0.1) is 6.92 Å². The largest absolute Gasteiger partial charge is 0.367 e. The highest BCUT2D eigenvalue weighted by atomic mass is 32.2. The molecular formula is C20H17N5O4S2. The van der Waals surface area contributed by atoms with E-state index in [0.29, 0.717) is 16.4 Å². The molecule has 4 rings (SSSR count). The van der Waals surface area contributed by atoms with E-state index in [0.717, 1.165) is 5.56 Å². The molecule has 0 aliphatic carbocycles. The molecule has 2 heterocycles. The Balaban J connectivity index is 1.49. The Kier molecular flexibility index (Phi) is 5.44. The highest BCUT2D eigenvalue weighted by molar-refractivity contribution is 7.92. The van der Waals surface area contributed by atoms with E-state index in [2.05, 4.69) is 20.2 Å². The van der Waals surface area contributed by atoms with Gasteiger partial charge in [-0.25, -0.2) is 13.4 Å². The molecule has 31 heavy (non-hydrogen) atoms. The Hall–Kier alpha value is -3.70. The minimum atomic E-state index is -3.72. The van der Waals surface area contributed by atoms with Crippen molar-refractivity contribution in [3.8, 4) is 10.7 Å². The molecule has 11 heteroatoms. The molecule has 0 saturated carbocycles. The first-order chi connectivity index (χ1) is 14.8. The van der Waals surface area contributed by atoms with Gasteiger partial charge in [0.15, 0.2) is 5.69 Å². The van der Waals surface area contributed by atoms with Crippen LogP contribution in [0.1, 0.15) is 15.9 Å². The van der Waals surface area contributed by atoms with Crippen molar-refractivity contribution >= 4 is 44.5 Å². The average Bonchev–Trinajstić information content (AvgIpc) is 3.39. The number of thiazole rings is 1. The van der Waals surface area contributed by atoms with Crippen LogP contribution in [0.5, 0.6) is 0 Å². The van der Waals surface area contributed by atoms with Crippen molar-refractivity contribution in [3.63, 3.8) is 0 Å². The number of rotatable bonds is 6. The minimum absolute atomic E-state index is 0.0825. The van der Waals surface area contributed by atoms with Crippen LogP contribution in [0.25, 0.3) is 10.7 Å². The lowest BCUT2D eigenvalue weighted by Gasteiger charge is -2.10. The van der Waals surface area contributed by atoms with Crippen LogP contribution in [0.2, 0.25) is 0 Å². The number of aromatic nitrogens is 2. The van der Waals surface area contributed by atoms with Crippen LogP contribution in [-0.4, -0.2) is 24.5 Å². The first kappa shape index (κ1) is 20.6. The van der Waals surface area contributed by atoms with E-state index in [-0.39, 0.29) is 22.0 Å². The highest BCUT2D eigenvalue weighted by Gasteiger charge is 2.24. The molecule has 158 valence electrons. The SMILES string of the molecule is Cc1ccc(S(=O)(=O)Nc2ccc(NC(=O)c3c(-c4nccs4)noc3N)cc2)cc1. The number of nitrogens with one attached hydrogen (secondary N) is 2. The van der Waals surface area contributed by atoms with Crippen LogP contribution < -0.4 is 15.8 Å². The van der Waals surface area contributed by atoms with Gasteiger partial charge < -0.3 is 15.6 Å². The van der Waals surface area contributed by atoms with Gasteiger partial charge in [-0.05, 0) is 43.3 Å². The summed E-state index contributed by atoms with van der Waals surface area (Å²) in [5.74, 6) is -0.637. The first-order valence-corrected chi connectivity index (χ1v) is 11.4. The van der Waals surface area contributed by atoms with Crippen molar-refractivity contribution in [3.05, 3.63) is 71.2 Å². The fraction of sp³-hybridized carbons (Fsp3) is 0.0500. The van der Waals surface area contributed by atoms with Gasteiger partial charge in [0, 0.05) is 23.0 Å². The molecule has 0 aliphatic heterocycles. The summed E-state index contributed by atoms with van der Waals surface area (Å²) in [6.45, 7) is 1.88. The number of amides is 1. The van der Waals surface area contributed by atoms with E-state index in [9.17, 15) is 13.2 Å². The standard InChI is InChI=1S/C20H17N5O4S2/c1-12-2-8-15(9-3-12)31(27,28)25-14-6-4-13(5-7-14)23-19(26)16-17(24-29-18(16)21)20-22-10-11-30-20/h2-11,25H,21H2,1H3,(H,23,26). The third kappa shape index (κ3) is 4.42. The monoisotopic (exact) mass is 455 g/mol. The number of benzene rings is 2. The number of hydrogen-bond acceptors (Lipinski definition) is 8. The third-order valence-electron chi connectivity index (χ3n) is 4.31. The van der Waals surface area contributed by atoms with Crippen molar-refractivity contribution in [2.24, 2.45) is 0 Å². The molecule has 4 aromatic rings. The second-order valence-corrected chi connectivity index (χ2v) is 9.13. The molecule has 2 aromatic heterocycles. The topological polar surface area (TPSA) is 140 Å². The summed E-state index contributed by atoms with van der Waals surface area (Å²) < 4.78 is 32.5. The van der Waals surface area contributed by atoms with E-state index >= 15 is 0 Å². The summed E-state index contributed by atoms with van der Waals surface area (Å²) in [7, 11) is -3.72. The molecule has 0 radical (unpaired) electrons. The summed E-state index contributed by atoms with van der Waals surface area (Å²) in [6.07, 6.45) is 1.59. The first-order valence-electron chi connectivity index (χ1n) is 8.99. The van der Waals surface area contributed by atoms with Gasteiger partial charge >= 0.3 is 0 Å². The lowest BCUT2D eigenvalue weighted by atomic mass is 10.2. The fourth-order valence-corrected chi connectivity index (χ4v) is 4.44. The zero-order chi connectivity index (χ0) is 22.0. The molecule has 2 aromatic carbocycles. The molecule has 0 fully saturated rings. The number of sulfonamides is 1. The lowest BCUT2D eigenvalue weighted by molar-refractivity contribution is 0.102. The third-order valence-corrected chi connectivity index (χ3v) is 6.48. The minimum Gasteiger partial charge on any atom is -0.367 e. The van der Waals surface area contributed by atoms with Crippen LogP contribution in [0.3, 0.4) is 0 Å². The number of hydrogen-bond donors (Lipinski definition) is 3. The van der Waals surface area contributed by atoms with Gasteiger partial charge in [-0.1, -0.05) is 22.9 Å². The van der Waals surface area contributed by atoms with Crippen LogP contribution >= 0.6 is 11.3 Å². The van der Waals surface area contributed by atoms with E-state index in [4.69, 9.17) is 10.3 Å². The van der Waals surface area contributed by atoms with Crippen LogP contribution in [0.4, 0.5) is 17.3 Å². The highest BCUT2D eigenvalue weighted by Crippen LogP contribution is 2.29. The van der Waals surface area contributed by atoms with Crippen LogP contribution in [-0.2, 0) is 10.0 Å². The molecule has 9 nitrogen and oxygen atoms in total. The van der Waals surface area contributed by atoms with E-state index in [1.54, 1.807) is 48.0 Å². The smallest absolute Gasteiger partial charge is 0.263 e. The normalized spacial score (nSPS) is 11.3. The Morgan fingerprint density at radius 2 is 1.74 bits per heavy atom. The van der Waals surface area contributed by atoms with Crippen molar-refractivity contribution in [1.82, 2.24) is 10.1 Å². The van der Waals surface area contributed by atoms with Crippen LogP contribution in [0.15, 0.2) is 69.5 Å². The van der Waals surface area contributed by atoms with Gasteiger partial charge in [0.1, 0.15) is 10.6 Å². The maximum atomic E-state index is 12.7. The Morgan fingerprint density at radius 1 is 1.06 bits per heavy atom. The molecule has 0 aliphatic rings. The molecule has 0 spiro atoms. The van der Waals surface area contributed by atoms with Crippen molar-refractivity contribution in [2.45, 2.75) is 11.8 Å². The van der Waals surface area contributed by atoms with Crippen molar-refractivity contribution in [2.75, 3.05) is 15.8 Å². The molecule has 4 N–H and O–H groups in total. The van der Waals surface area contributed by atoms with Gasteiger partial charge in [-0.15, -0.1) is 11.3 Å². The Bertz CT molecular complexity index is 1310. The molecule has 0 saturated heterocycles. The molecule has 0 bridgehead atoms. The number of nitrogens with zero attached hydrogens (tertiary/aromatic N) is 2. The Labute approximate surface area is 182 Å². The van der Waals surface area contributed by atoms with Gasteiger partial charge in [-0.3, -0.25) is 9.52 Å². The quantitative estimate of drug-likeness (QED) is 0.402. The number of carbonyl (C=O) groups is 1. The molecule has 0 unspecified atom stereocenters. The maximum absolute atomic E-state index is 12.7. The van der Waals surface area contributed by atoms with Gasteiger partial charge in [0.2, 0.25) is 5.88 Å². The summed E-state index contributed by atoms with van der Waals surface area (Å²) in [5, 5.41) is 8.77. The zero-order valence-corrected chi connectivity index (χ0v) is 17.8. The summed E-state index contributed by atoms with van der Waals surface area (Å²) >= 11 is 1.30. The van der Waals surface area contributed by atoms with Crippen molar-refractivity contribution in [1.29, 1.82) is 0 Å². The number of aryl methyl sites for hydroxylation is 1. The predicted molar refractivity (Wildman–Crippen MR) is 118 cm³/mol. The van der Waals surface area contributed by atoms with Crippen molar-refractivity contribution < 1.29 is 17.7 Å². The number of carbonyl (C=O) groups excluding carboxylic acids is 1. The molecule has 1 amide bonds. The summed E-state index contributed by atoms with van der Waals surface area (Å²) in [5.41, 5.74) is 7.87. The van der Waals surface area contributed by atoms with E-state index < -0.39 is 15.9 Å². The maximum Gasteiger partial charge on any atom is 0.263 e.